The number of halogens is 1. The Morgan fingerprint density at radius 1 is 1.00 bits per heavy atom. The summed E-state index contributed by atoms with van der Waals surface area (Å²) in [6.45, 7) is 18.9. The topological polar surface area (TPSA) is 9.72 Å². The quantitative estimate of drug-likeness (QED) is 0.281. The molecule has 31 heavy (non-hydrogen) atoms. The molecule has 1 saturated carbocycles. The molecule has 1 aromatic rings. The van der Waals surface area contributed by atoms with Gasteiger partial charge in [-0.2, -0.15) is 0 Å². The molecule has 0 spiro atoms. The van der Waals surface area contributed by atoms with Crippen LogP contribution in [0.4, 0.5) is 5.69 Å². The second-order valence-electron chi connectivity index (χ2n) is 10.4. The molecule has 1 saturated heterocycles. The summed E-state index contributed by atoms with van der Waals surface area (Å²) >= 11 is -0.761. The van der Waals surface area contributed by atoms with Crippen molar-refractivity contribution in [1.29, 1.82) is 0 Å². The zero-order valence-electron chi connectivity index (χ0n) is 20.3. The number of para-hydroxylation sites is 1. The Hall–Kier alpha value is -0.0571. The summed E-state index contributed by atoms with van der Waals surface area (Å²) in [7, 11) is 6.53. The van der Waals surface area contributed by atoms with Crippen molar-refractivity contribution < 1.29 is 0 Å². The van der Waals surface area contributed by atoms with E-state index in [1.807, 2.05) is 0 Å². The summed E-state index contributed by atoms with van der Waals surface area (Å²) in [4.78, 5) is 0. The summed E-state index contributed by atoms with van der Waals surface area (Å²) in [5, 5.41) is 1.79. The van der Waals surface area contributed by atoms with Crippen LogP contribution in [0.1, 0.15) is 77.8 Å². The first-order chi connectivity index (χ1) is 14.8. The first kappa shape index (κ1) is 24.1. The molecule has 6 heteroatoms. The van der Waals surface area contributed by atoms with Gasteiger partial charge in [-0.3, -0.25) is 0 Å². The average Bonchev–Trinajstić information content (AvgIpc) is 3.43. The van der Waals surface area contributed by atoms with E-state index in [1.165, 1.54) is 49.2 Å². The number of benzene rings is 1. The standard InChI is InChI=1S/C25H39ClGeN3P/c1-16(2)22-10-8-9-19(7)23(22)30(27-26)24-20-11-12-21(15-20)25(24)31-28(17(3)4)13-14-29(31)18(5)6/h8-10,16-18,20-21H,11-15H2,1-7H3. The van der Waals surface area contributed by atoms with Gasteiger partial charge in [0, 0.05) is 0 Å². The van der Waals surface area contributed by atoms with E-state index < -0.39 is 22.9 Å². The first-order valence-corrected chi connectivity index (χ1v) is 17.0. The predicted molar refractivity (Wildman–Crippen MR) is 138 cm³/mol. The van der Waals surface area contributed by atoms with Crippen LogP contribution in [-0.4, -0.2) is 49.2 Å². The number of hydrogen-bond acceptors (Lipinski definition) is 3. The van der Waals surface area contributed by atoms with Gasteiger partial charge in [-0.05, 0) is 0 Å². The number of nitrogens with zero attached hydrogens (tertiary/aromatic N) is 3. The molecule has 1 heterocycles. The predicted octanol–water partition coefficient (Wildman–Crippen LogP) is 7.09. The van der Waals surface area contributed by atoms with Crippen molar-refractivity contribution in [2.24, 2.45) is 11.8 Å². The summed E-state index contributed by atoms with van der Waals surface area (Å²) in [5.41, 5.74) is 5.91. The summed E-state index contributed by atoms with van der Waals surface area (Å²) in [6.07, 6.45) is 4.07. The number of aryl methyl sites for hydroxylation is 1. The molecule has 1 aromatic carbocycles. The summed E-state index contributed by atoms with van der Waals surface area (Å²) in [5.74, 6) is 1.97. The third kappa shape index (κ3) is 4.28. The van der Waals surface area contributed by atoms with Crippen molar-refractivity contribution in [2.45, 2.75) is 85.7 Å². The molecule has 2 unspecified atom stereocenters. The van der Waals surface area contributed by atoms with Crippen LogP contribution < -0.4 is 3.86 Å². The van der Waals surface area contributed by atoms with E-state index in [0.717, 1.165) is 5.92 Å². The van der Waals surface area contributed by atoms with Crippen molar-refractivity contribution in [3.8, 4) is 0 Å². The van der Waals surface area contributed by atoms with Gasteiger partial charge < -0.3 is 0 Å². The van der Waals surface area contributed by atoms with Gasteiger partial charge in [-0.1, -0.05) is 0 Å². The molecule has 2 radical (unpaired) electrons. The van der Waals surface area contributed by atoms with Crippen molar-refractivity contribution >= 4 is 38.6 Å². The minimum absolute atomic E-state index is 0.403. The van der Waals surface area contributed by atoms with E-state index in [9.17, 15) is 0 Å². The number of anilines is 1. The molecule has 0 N–H and O–H groups in total. The molecule has 3 aliphatic rings. The summed E-state index contributed by atoms with van der Waals surface area (Å²) in [6, 6.07) is 8.01. The molecule has 4 rings (SSSR count). The Bertz CT molecular complexity index is 824. The van der Waals surface area contributed by atoms with E-state index in [2.05, 4.69) is 79.9 Å². The van der Waals surface area contributed by atoms with Crippen molar-refractivity contribution in [2.75, 3.05) is 16.9 Å². The number of allylic oxidation sites excluding steroid dienone is 2. The molecule has 2 bridgehead atoms. The van der Waals surface area contributed by atoms with Crippen molar-refractivity contribution in [3.05, 3.63) is 40.3 Å². The third-order valence-corrected chi connectivity index (χ3v) is 12.9. The molecule has 2 fully saturated rings. The molecule has 0 aromatic heterocycles. The van der Waals surface area contributed by atoms with Gasteiger partial charge in [0.25, 0.3) is 0 Å². The van der Waals surface area contributed by atoms with E-state index in [4.69, 9.17) is 10.0 Å². The van der Waals surface area contributed by atoms with E-state index >= 15 is 0 Å². The Kier molecular flexibility index (Phi) is 7.51. The van der Waals surface area contributed by atoms with Crippen molar-refractivity contribution in [3.63, 3.8) is 0 Å². The minimum atomic E-state index is -0.761. The normalized spacial score (nSPS) is 25.3. The van der Waals surface area contributed by atoms with E-state index in [0.29, 0.717) is 23.9 Å². The van der Waals surface area contributed by atoms with E-state index in [-0.39, 0.29) is 0 Å². The van der Waals surface area contributed by atoms with Crippen LogP contribution in [0.5, 0.6) is 0 Å². The monoisotopic (exact) mass is 521 g/mol. The van der Waals surface area contributed by atoms with Gasteiger partial charge in [0.2, 0.25) is 0 Å². The molecule has 1 aliphatic heterocycles. The number of rotatable bonds is 7. The Balaban J connectivity index is 1.88. The molecule has 3 nitrogen and oxygen atoms in total. The van der Waals surface area contributed by atoms with Gasteiger partial charge in [0.15, 0.2) is 0 Å². The van der Waals surface area contributed by atoms with Gasteiger partial charge >= 0.3 is 203 Å². The Labute approximate surface area is 202 Å². The van der Waals surface area contributed by atoms with Crippen LogP contribution in [-0.2, 0) is 0 Å². The van der Waals surface area contributed by atoms with Gasteiger partial charge in [-0.15, -0.1) is 0 Å². The van der Waals surface area contributed by atoms with Crippen LogP contribution in [0.25, 0.3) is 0 Å². The average molecular weight is 521 g/mol. The van der Waals surface area contributed by atoms with Crippen molar-refractivity contribution in [1.82, 2.24) is 9.34 Å². The van der Waals surface area contributed by atoms with Crippen LogP contribution in [0, 0.1) is 18.8 Å². The number of hydrogen-bond donors (Lipinski definition) is 0. The fourth-order valence-electron chi connectivity index (χ4n) is 5.89. The zero-order chi connectivity index (χ0) is 22.4. The zero-order valence-corrected chi connectivity index (χ0v) is 24.1. The molecule has 170 valence electrons. The van der Waals surface area contributed by atoms with Crippen LogP contribution in [0.3, 0.4) is 0 Å². The fraction of sp³-hybridized carbons (Fsp3) is 0.680. The second-order valence-corrected chi connectivity index (χ2v) is 14.6. The third-order valence-electron chi connectivity index (χ3n) is 7.36. The molecular formula is C25H39ClGeN3P. The number of fused-ring (bicyclic) bond motifs is 2. The molecule has 0 amide bonds. The SMILES string of the molecule is Cc1cccc(C(C)C)c1[N]([Ge][Cl])C1=C(P2N(C(C)C)CCN2C(C)C)C2CCC1C2. The van der Waals surface area contributed by atoms with Gasteiger partial charge in [0.05, 0.1) is 0 Å². The molecule has 2 atom stereocenters. The van der Waals surface area contributed by atoms with Gasteiger partial charge in [0.1, 0.15) is 0 Å². The van der Waals surface area contributed by atoms with Crippen LogP contribution in [0.2, 0.25) is 0 Å². The maximum atomic E-state index is 6.93. The molecule has 2 aliphatic carbocycles. The van der Waals surface area contributed by atoms with E-state index in [1.54, 1.807) is 11.0 Å². The first-order valence-electron chi connectivity index (χ1n) is 12.1. The molecular weight excluding hydrogens is 481 g/mol. The maximum absolute atomic E-state index is 6.93. The Morgan fingerprint density at radius 2 is 1.61 bits per heavy atom. The van der Waals surface area contributed by atoms with Gasteiger partial charge in [-0.25, -0.2) is 0 Å². The second kappa shape index (κ2) is 9.67. The summed E-state index contributed by atoms with van der Waals surface area (Å²) < 4.78 is 8.29. The van der Waals surface area contributed by atoms with Crippen LogP contribution in [0.15, 0.2) is 29.2 Å². The fourth-order valence-corrected chi connectivity index (χ4v) is 12.0. The Morgan fingerprint density at radius 3 is 2.16 bits per heavy atom. The van der Waals surface area contributed by atoms with Crippen LogP contribution >= 0.6 is 18.2 Å².